The molecule has 0 fully saturated rings. The van der Waals surface area contributed by atoms with Gasteiger partial charge in [-0.15, -0.1) is 4.99 Å². The van der Waals surface area contributed by atoms with Crippen LogP contribution in [0.1, 0.15) is 0 Å². The van der Waals surface area contributed by atoms with Gasteiger partial charge in [-0.2, -0.15) is 0 Å². The van der Waals surface area contributed by atoms with E-state index in [0.717, 1.165) is 10.8 Å². The normalized spacial score (nSPS) is 9.54. The molecule has 13 heavy (non-hydrogen) atoms. The van der Waals surface area contributed by atoms with Crippen LogP contribution in [-0.4, -0.2) is 11.1 Å². The minimum absolute atomic E-state index is 0.397. The molecular formula is C10H6N2O. The number of hydrogen-bond acceptors (Lipinski definition) is 3. The molecule has 0 aliphatic rings. The van der Waals surface area contributed by atoms with E-state index in [1.54, 1.807) is 12.3 Å². The molecule has 3 heteroatoms. The van der Waals surface area contributed by atoms with Crippen molar-refractivity contribution in [2.45, 2.75) is 0 Å². The zero-order chi connectivity index (χ0) is 9.10. The van der Waals surface area contributed by atoms with Crippen LogP contribution < -0.4 is 0 Å². The van der Waals surface area contributed by atoms with Gasteiger partial charge in [-0.05, 0) is 11.5 Å². The fraction of sp³-hybridized carbons (Fsp3) is 0. The molecule has 2 rings (SSSR count). The number of carbonyl (C=O) groups excluding carboxylic acids is 1. The van der Waals surface area contributed by atoms with Gasteiger partial charge in [-0.1, -0.05) is 24.3 Å². The highest BCUT2D eigenvalue weighted by molar-refractivity contribution is 5.83. The van der Waals surface area contributed by atoms with Gasteiger partial charge in [0.25, 0.3) is 0 Å². The highest BCUT2D eigenvalue weighted by Gasteiger charge is 1.94. The average molecular weight is 170 g/mol. The Morgan fingerprint density at radius 3 is 2.77 bits per heavy atom. The summed E-state index contributed by atoms with van der Waals surface area (Å²) in [4.78, 5) is 17.4. The summed E-state index contributed by atoms with van der Waals surface area (Å²) >= 11 is 0. The van der Waals surface area contributed by atoms with Crippen LogP contribution in [0.15, 0.2) is 41.5 Å². The lowest BCUT2D eigenvalue weighted by molar-refractivity contribution is 0.565. The predicted molar refractivity (Wildman–Crippen MR) is 49.5 cm³/mol. The number of rotatable bonds is 1. The molecule has 1 aromatic heterocycles. The zero-order valence-electron chi connectivity index (χ0n) is 6.77. The second-order valence-corrected chi connectivity index (χ2v) is 2.59. The quantitative estimate of drug-likeness (QED) is 0.486. The van der Waals surface area contributed by atoms with Crippen LogP contribution in [0, 0.1) is 0 Å². The van der Waals surface area contributed by atoms with Gasteiger partial charge in [0, 0.05) is 11.6 Å². The largest absolute Gasteiger partial charge is 0.242 e. The summed E-state index contributed by atoms with van der Waals surface area (Å²) in [6.45, 7) is 0. The lowest BCUT2D eigenvalue weighted by Gasteiger charge is -1.95. The van der Waals surface area contributed by atoms with Crippen LogP contribution in [0.3, 0.4) is 0 Å². The molecule has 0 aliphatic heterocycles. The Morgan fingerprint density at radius 2 is 2.00 bits per heavy atom. The standard InChI is InChI=1S/C10H6N2O/c13-7-12-10-5-8-3-1-2-4-9(8)6-11-10/h1-6H. The lowest BCUT2D eigenvalue weighted by atomic mass is 10.2. The smallest absolute Gasteiger partial charge is 0.236 e. The Labute approximate surface area is 74.8 Å². The molecule has 0 saturated carbocycles. The van der Waals surface area contributed by atoms with Gasteiger partial charge >= 0.3 is 0 Å². The van der Waals surface area contributed by atoms with Crippen molar-refractivity contribution < 1.29 is 4.79 Å². The van der Waals surface area contributed by atoms with Crippen molar-refractivity contribution in [2.24, 2.45) is 4.99 Å². The molecule has 3 nitrogen and oxygen atoms in total. The maximum atomic E-state index is 9.98. The number of aromatic nitrogens is 1. The van der Waals surface area contributed by atoms with Crippen molar-refractivity contribution >= 4 is 22.7 Å². The number of fused-ring (bicyclic) bond motifs is 1. The van der Waals surface area contributed by atoms with Crippen molar-refractivity contribution in [3.05, 3.63) is 36.5 Å². The number of pyridine rings is 1. The summed E-state index contributed by atoms with van der Waals surface area (Å²) < 4.78 is 0. The Morgan fingerprint density at radius 1 is 1.23 bits per heavy atom. The molecule has 0 N–H and O–H groups in total. The minimum atomic E-state index is 0.397. The van der Waals surface area contributed by atoms with Crippen LogP contribution >= 0.6 is 0 Å². The Balaban J connectivity index is 2.68. The summed E-state index contributed by atoms with van der Waals surface area (Å²) in [7, 11) is 0. The van der Waals surface area contributed by atoms with Gasteiger partial charge in [0.15, 0.2) is 5.82 Å². The number of nitrogens with zero attached hydrogens (tertiary/aromatic N) is 2. The summed E-state index contributed by atoms with van der Waals surface area (Å²) in [6, 6.07) is 9.52. The summed E-state index contributed by atoms with van der Waals surface area (Å²) in [5, 5.41) is 2.05. The molecule has 0 aliphatic carbocycles. The van der Waals surface area contributed by atoms with E-state index in [1.807, 2.05) is 24.3 Å². The zero-order valence-corrected chi connectivity index (χ0v) is 6.77. The molecule has 0 saturated heterocycles. The molecule has 0 spiro atoms. The highest BCUT2D eigenvalue weighted by Crippen LogP contribution is 2.17. The first-order valence-corrected chi connectivity index (χ1v) is 3.83. The maximum Gasteiger partial charge on any atom is 0.242 e. The summed E-state index contributed by atoms with van der Waals surface area (Å²) in [6.07, 6.45) is 3.15. The van der Waals surface area contributed by atoms with Gasteiger partial charge in [0.2, 0.25) is 6.08 Å². The number of benzene rings is 1. The minimum Gasteiger partial charge on any atom is -0.236 e. The highest BCUT2D eigenvalue weighted by atomic mass is 16.1. The second kappa shape index (κ2) is 3.17. The molecule has 1 heterocycles. The number of hydrogen-bond donors (Lipinski definition) is 0. The first kappa shape index (κ1) is 7.65. The van der Waals surface area contributed by atoms with Gasteiger partial charge < -0.3 is 0 Å². The van der Waals surface area contributed by atoms with Crippen molar-refractivity contribution in [1.29, 1.82) is 0 Å². The predicted octanol–water partition coefficient (Wildman–Crippen LogP) is 2.20. The van der Waals surface area contributed by atoms with Gasteiger partial charge in [-0.3, -0.25) is 0 Å². The first-order chi connectivity index (χ1) is 6.40. The third-order valence-corrected chi connectivity index (χ3v) is 1.78. The van der Waals surface area contributed by atoms with Gasteiger partial charge in [0.05, 0.1) is 0 Å². The fourth-order valence-electron chi connectivity index (χ4n) is 1.18. The molecule has 1 aromatic carbocycles. The van der Waals surface area contributed by atoms with Crippen LogP contribution in [0.25, 0.3) is 10.8 Å². The molecule has 0 radical (unpaired) electrons. The summed E-state index contributed by atoms with van der Waals surface area (Å²) in [5.41, 5.74) is 0. The molecule has 62 valence electrons. The molecular weight excluding hydrogens is 164 g/mol. The second-order valence-electron chi connectivity index (χ2n) is 2.59. The van der Waals surface area contributed by atoms with Crippen molar-refractivity contribution in [3.63, 3.8) is 0 Å². The maximum absolute atomic E-state index is 9.98. The van der Waals surface area contributed by atoms with Gasteiger partial charge in [0.1, 0.15) is 0 Å². The molecule has 2 aromatic rings. The van der Waals surface area contributed by atoms with Crippen LogP contribution in [-0.2, 0) is 4.79 Å². The summed E-state index contributed by atoms with van der Waals surface area (Å²) in [5.74, 6) is 0.397. The third kappa shape index (κ3) is 1.45. The van der Waals surface area contributed by atoms with E-state index in [1.165, 1.54) is 6.08 Å². The number of aliphatic imine (C=N–C) groups is 1. The van der Waals surface area contributed by atoms with E-state index < -0.39 is 0 Å². The van der Waals surface area contributed by atoms with E-state index in [-0.39, 0.29) is 0 Å². The fourth-order valence-corrected chi connectivity index (χ4v) is 1.18. The number of isocyanates is 1. The molecule has 0 atom stereocenters. The Hall–Kier alpha value is -1.99. The monoisotopic (exact) mass is 170 g/mol. The Kier molecular flexibility index (Phi) is 1.87. The van der Waals surface area contributed by atoms with Crippen LogP contribution in [0.5, 0.6) is 0 Å². The van der Waals surface area contributed by atoms with E-state index in [9.17, 15) is 4.79 Å². The van der Waals surface area contributed by atoms with Crippen molar-refractivity contribution in [3.8, 4) is 0 Å². The Bertz CT molecular complexity index is 487. The van der Waals surface area contributed by atoms with Gasteiger partial charge in [-0.25, -0.2) is 9.78 Å². The van der Waals surface area contributed by atoms with E-state index in [4.69, 9.17) is 0 Å². The van der Waals surface area contributed by atoms with Crippen molar-refractivity contribution in [1.82, 2.24) is 4.98 Å². The molecule has 0 unspecified atom stereocenters. The average Bonchev–Trinajstić information content (AvgIpc) is 2.18. The van der Waals surface area contributed by atoms with Crippen LogP contribution in [0.4, 0.5) is 5.82 Å². The van der Waals surface area contributed by atoms with Crippen molar-refractivity contribution in [2.75, 3.05) is 0 Å². The SMILES string of the molecule is O=C=Nc1cc2ccccc2cn1. The van der Waals surface area contributed by atoms with E-state index in [0.29, 0.717) is 5.82 Å². The van der Waals surface area contributed by atoms with Crippen LogP contribution in [0.2, 0.25) is 0 Å². The van der Waals surface area contributed by atoms with E-state index >= 15 is 0 Å². The lowest BCUT2D eigenvalue weighted by Crippen LogP contribution is -1.75. The topological polar surface area (TPSA) is 42.3 Å². The first-order valence-electron chi connectivity index (χ1n) is 3.83. The molecule has 0 bridgehead atoms. The third-order valence-electron chi connectivity index (χ3n) is 1.78. The molecule has 0 amide bonds. The van der Waals surface area contributed by atoms with E-state index in [2.05, 4.69) is 9.98 Å².